The highest BCUT2D eigenvalue weighted by Crippen LogP contribution is 2.37. The van der Waals surface area contributed by atoms with Crippen molar-refractivity contribution < 1.29 is 14.6 Å². The third-order valence-electron chi connectivity index (χ3n) is 2.56. The summed E-state index contributed by atoms with van der Waals surface area (Å²) in [5.41, 5.74) is 0.860. The summed E-state index contributed by atoms with van der Waals surface area (Å²) in [5, 5.41) is 10.4. The lowest BCUT2D eigenvalue weighted by atomic mass is 10.0. The van der Waals surface area contributed by atoms with E-state index >= 15 is 0 Å². The van der Waals surface area contributed by atoms with Gasteiger partial charge in [-0.25, -0.2) is 4.79 Å². The molecule has 1 N–H and O–H groups in total. The van der Waals surface area contributed by atoms with Gasteiger partial charge in [0, 0.05) is 17.3 Å². The van der Waals surface area contributed by atoms with Gasteiger partial charge in [-0.05, 0) is 6.07 Å². The third-order valence-corrected chi connectivity index (χ3v) is 3.38. The number of benzene rings is 1. The van der Waals surface area contributed by atoms with Crippen molar-refractivity contribution in [1.29, 1.82) is 0 Å². The molecule has 0 radical (unpaired) electrons. The number of aromatic nitrogens is 1. The van der Waals surface area contributed by atoms with Gasteiger partial charge in [0.1, 0.15) is 11.3 Å². The zero-order valence-corrected chi connectivity index (χ0v) is 11.4. The normalized spacial score (nSPS) is 10.3. The van der Waals surface area contributed by atoms with Gasteiger partial charge in [0.15, 0.2) is 0 Å². The second-order valence-corrected chi connectivity index (χ2v) is 4.46. The third kappa shape index (κ3) is 2.50. The fraction of sp³-hybridized carbons (Fsp3) is 0.0769. The number of ether oxygens (including phenoxy) is 1. The SMILES string of the molecule is COC(=O)c1c(O)cncc1-c1cccc(Cl)c1Cl. The first-order valence-electron chi connectivity index (χ1n) is 5.26. The molecular formula is C13H9Cl2NO3. The van der Waals surface area contributed by atoms with Crippen LogP contribution in [0.15, 0.2) is 30.6 Å². The summed E-state index contributed by atoms with van der Waals surface area (Å²) in [5.74, 6) is -0.952. The van der Waals surface area contributed by atoms with E-state index in [0.29, 0.717) is 16.1 Å². The van der Waals surface area contributed by atoms with Crippen LogP contribution in [0.4, 0.5) is 0 Å². The highest BCUT2D eigenvalue weighted by atomic mass is 35.5. The predicted octanol–water partition coefficient (Wildman–Crippen LogP) is 3.55. The van der Waals surface area contributed by atoms with Gasteiger partial charge in [-0.2, -0.15) is 0 Å². The van der Waals surface area contributed by atoms with Gasteiger partial charge in [-0.3, -0.25) is 4.98 Å². The second-order valence-electron chi connectivity index (χ2n) is 3.67. The van der Waals surface area contributed by atoms with Crippen molar-refractivity contribution in [1.82, 2.24) is 4.98 Å². The van der Waals surface area contributed by atoms with Crippen LogP contribution in [-0.4, -0.2) is 23.2 Å². The van der Waals surface area contributed by atoms with E-state index in [0.717, 1.165) is 6.20 Å². The van der Waals surface area contributed by atoms with Gasteiger partial charge in [-0.1, -0.05) is 35.3 Å². The molecule has 6 heteroatoms. The Morgan fingerprint density at radius 3 is 2.68 bits per heavy atom. The number of rotatable bonds is 2. The minimum Gasteiger partial charge on any atom is -0.505 e. The molecule has 1 aromatic heterocycles. The molecule has 4 nitrogen and oxygen atoms in total. The molecule has 0 aliphatic rings. The molecule has 0 saturated carbocycles. The molecule has 98 valence electrons. The summed E-state index contributed by atoms with van der Waals surface area (Å²) in [6, 6.07) is 4.99. The Kier molecular flexibility index (Phi) is 3.93. The number of halogens is 2. The quantitative estimate of drug-likeness (QED) is 0.861. The Morgan fingerprint density at radius 2 is 2.00 bits per heavy atom. The fourth-order valence-corrected chi connectivity index (χ4v) is 2.08. The Bertz CT molecular complexity index is 644. The number of nitrogens with zero attached hydrogens (tertiary/aromatic N) is 1. The van der Waals surface area contributed by atoms with Gasteiger partial charge in [-0.15, -0.1) is 0 Å². The average Bonchev–Trinajstić information content (AvgIpc) is 2.41. The molecule has 0 spiro atoms. The van der Waals surface area contributed by atoms with Crippen LogP contribution in [0.3, 0.4) is 0 Å². The first-order chi connectivity index (χ1) is 9.06. The molecule has 0 amide bonds. The number of esters is 1. The van der Waals surface area contributed by atoms with Crippen molar-refractivity contribution in [3.8, 4) is 16.9 Å². The number of aromatic hydroxyl groups is 1. The van der Waals surface area contributed by atoms with E-state index in [1.165, 1.54) is 13.3 Å². The molecule has 0 aliphatic carbocycles. The van der Waals surface area contributed by atoms with Crippen LogP contribution in [0.2, 0.25) is 10.0 Å². The lowest BCUT2D eigenvalue weighted by molar-refractivity contribution is 0.0598. The number of carbonyl (C=O) groups excluding carboxylic acids is 1. The van der Waals surface area contributed by atoms with E-state index in [2.05, 4.69) is 9.72 Å². The number of pyridine rings is 1. The summed E-state index contributed by atoms with van der Waals surface area (Å²) in [4.78, 5) is 15.6. The molecule has 0 fully saturated rings. The predicted molar refractivity (Wildman–Crippen MR) is 72.7 cm³/mol. The summed E-state index contributed by atoms with van der Waals surface area (Å²) in [7, 11) is 1.23. The van der Waals surface area contributed by atoms with Gasteiger partial charge in [0.05, 0.1) is 23.4 Å². The average molecular weight is 298 g/mol. The van der Waals surface area contributed by atoms with E-state index < -0.39 is 5.97 Å². The van der Waals surface area contributed by atoms with Gasteiger partial charge < -0.3 is 9.84 Å². The lowest BCUT2D eigenvalue weighted by Gasteiger charge is -2.11. The van der Waals surface area contributed by atoms with Crippen LogP contribution < -0.4 is 0 Å². The highest BCUT2D eigenvalue weighted by Gasteiger charge is 2.20. The monoisotopic (exact) mass is 297 g/mol. The molecule has 0 bridgehead atoms. The van der Waals surface area contributed by atoms with E-state index in [9.17, 15) is 9.90 Å². The van der Waals surface area contributed by atoms with Crippen LogP contribution in [0.5, 0.6) is 5.75 Å². The molecule has 0 aliphatic heterocycles. The summed E-state index contributed by atoms with van der Waals surface area (Å²) < 4.78 is 4.65. The van der Waals surface area contributed by atoms with Crippen molar-refractivity contribution in [3.63, 3.8) is 0 Å². The van der Waals surface area contributed by atoms with E-state index in [1.807, 2.05) is 0 Å². The molecule has 1 aromatic carbocycles. The second kappa shape index (κ2) is 5.47. The summed E-state index contributed by atoms with van der Waals surface area (Å²) >= 11 is 12.0. The molecular weight excluding hydrogens is 289 g/mol. The van der Waals surface area contributed by atoms with Crippen molar-refractivity contribution in [2.45, 2.75) is 0 Å². The van der Waals surface area contributed by atoms with Crippen LogP contribution in [0, 0.1) is 0 Å². The molecule has 0 unspecified atom stereocenters. The zero-order valence-electron chi connectivity index (χ0n) is 9.85. The maximum Gasteiger partial charge on any atom is 0.342 e. The number of hydrogen-bond acceptors (Lipinski definition) is 4. The van der Waals surface area contributed by atoms with E-state index in [-0.39, 0.29) is 16.3 Å². The van der Waals surface area contributed by atoms with Gasteiger partial charge in [0.2, 0.25) is 0 Å². The highest BCUT2D eigenvalue weighted by molar-refractivity contribution is 6.43. The van der Waals surface area contributed by atoms with Gasteiger partial charge in [0.25, 0.3) is 0 Å². The molecule has 0 atom stereocenters. The lowest BCUT2D eigenvalue weighted by Crippen LogP contribution is -2.05. The standard InChI is InChI=1S/C13H9Cl2NO3/c1-19-13(18)11-8(5-16-6-10(11)17)7-3-2-4-9(14)12(7)15/h2-6,17H,1H3. The topological polar surface area (TPSA) is 59.4 Å². The smallest absolute Gasteiger partial charge is 0.342 e. The van der Waals surface area contributed by atoms with Crippen LogP contribution in [0.1, 0.15) is 10.4 Å². The summed E-state index contributed by atoms with van der Waals surface area (Å²) in [6.07, 6.45) is 2.58. The largest absolute Gasteiger partial charge is 0.505 e. The van der Waals surface area contributed by atoms with Crippen LogP contribution >= 0.6 is 23.2 Å². The van der Waals surface area contributed by atoms with Crippen molar-refractivity contribution in [2.24, 2.45) is 0 Å². The zero-order chi connectivity index (χ0) is 14.0. The summed E-state index contributed by atoms with van der Waals surface area (Å²) in [6.45, 7) is 0. The minimum absolute atomic E-state index is 0.00154. The Labute approximate surface area is 119 Å². The maximum absolute atomic E-state index is 11.7. The molecule has 19 heavy (non-hydrogen) atoms. The molecule has 1 heterocycles. The Morgan fingerprint density at radius 1 is 1.26 bits per heavy atom. The van der Waals surface area contributed by atoms with Gasteiger partial charge >= 0.3 is 5.97 Å². The van der Waals surface area contributed by atoms with Crippen molar-refractivity contribution in [3.05, 3.63) is 46.2 Å². The Balaban J connectivity index is 2.72. The number of hydrogen-bond donors (Lipinski definition) is 1. The van der Waals surface area contributed by atoms with Crippen LogP contribution in [-0.2, 0) is 4.74 Å². The number of methoxy groups -OCH3 is 1. The van der Waals surface area contributed by atoms with Crippen LogP contribution in [0.25, 0.3) is 11.1 Å². The Hall–Kier alpha value is -1.78. The van der Waals surface area contributed by atoms with Crippen molar-refractivity contribution >= 4 is 29.2 Å². The van der Waals surface area contributed by atoms with E-state index in [1.54, 1.807) is 18.2 Å². The minimum atomic E-state index is -0.675. The maximum atomic E-state index is 11.7. The molecule has 2 rings (SSSR count). The van der Waals surface area contributed by atoms with E-state index in [4.69, 9.17) is 23.2 Å². The first-order valence-corrected chi connectivity index (χ1v) is 6.01. The fourth-order valence-electron chi connectivity index (χ4n) is 1.68. The molecule has 2 aromatic rings. The van der Waals surface area contributed by atoms with Crippen molar-refractivity contribution in [2.75, 3.05) is 7.11 Å². The molecule has 0 saturated heterocycles. The first kappa shape index (κ1) is 13.6. The number of carbonyl (C=O) groups is 1.